The molecule has 4 nitrogen and oxygen atoms in total. The van der Waals surface area contributed by atoms with E-state index in [1.807, 2.05) is 0 Å². The fourth-order valence-electron chi connectivity index (χ4n) is 8.22. The standard InChI is InChI=1S/C38H25BN2O2/c1-38(2,3)20-18-26-21-12-8-13-24-32(21)41(35-23-11-5-7-17-30(23)43-37(24)35)39-27-15-9-14-25-33(27)40(28(19-20)31(26)39)34-22-10-4-6-16-29(22)42-36(25)34/h4-19H,1-3H3. The average Bonchev–Trinajstić information content (AvgIpc) is 3.75. The summed E-state index contributed by atoms with van der Waals surface area (Å²) >= 11 is 0. The summed E-state index contributed by atoms with van der Waals surface area (Å²) in [5, 5.41) is 4.64. The number of benzene rings is 5. The van der Waals surface area contributed by atoms with Crippen molar-refractivity contribution >= 4 is 83.7 Å². The quantitative estimate of drug-likeness (QED) is 0.177. The fraction of sp³-hybridized carbons (Fsp3) is 0.105. The Morgan fingerprint density at radius 2 is 1.21 bits per heavy atom. The van der Waals surface area contributed by atoms with E-state index < -0.39 is 0 Å². The Hall–Kier alpha value is -5.16. The van der Waals surface area contributed by atoms with Crippen LogP contribution in [0.4, 0.5) is 0 Å². The SMILES string of the molecule is CC(C)(C)c1cc2c3c(c1)-n1c4c(cccc4c4oc5ccccc5c41)B3n1c3c-2cccc3c2oc3ccccc3c21. The third kappa shape index (κ3) is 2.46. The highest BCUT2D eigenvalue weighted by Gasteiger charge is 2.43. The normalized spacial score (nSPS) is 13.9. The molecule has 5 aromatic carbocycles. The zero-order valence-electron chi connectivity index (χ0n) is 24.0. The van der Waals surface area contributed by atoms with Crippen LogP contribution in [0.25, 0.3) is 82.8 Å². The van der Waals surface area contributed by atoms with Gasteiger partial charge in [0.05, 0.1) is 11.0 Å². The molecule has 6 heterocycles. The van der Waals surface area contributed by atoms with E-state index in [1.165, 1.54) is 55.2 Å². The summed E-state index contributed by atoms with van der Waals surface area (Å²) in [7, 11) is 0. The maximum atomic E-state index is 6.64. The Kier molecular flexibility index (Phi) is 3.69. The second-order valence-corrected chi connectivity index (χ2v) is 13.3. The first-order chi connectivity index (χ1) is 21.0. The highest BCUT2D eigenvalue weighted by molar-refractivity contribution is 6.90. The van der Waals surface area contributed by atoms with E-state index in [-0.39, 0.29) is 12.3 Å². The first-order valence-electron chi connectivity index (χ1n) is 15.1. The fourth-order valence-corrected chi connectivity index (χ4v) is 8.22. The molecule has 5 heteroatoms. The minimum absolute atomic E-state index is 0.00334. The van der Waals surface area contributed by atoms with Crippen LogP contribution in [0, 0.1) is 0 Å². The van der Waals surface area contributed by atoms with Gasteiger partial charge in [-0.1, -0.05) is 75.4 Å². The zero-order chi connectivity index (χ0) is 28.4. The third-order valence-corrected chi connectivity index (χ3v) is 10.0. The van der Waals surface area contributed by atoms with Crippen LogP contribution in [0.5, 0.6) is 0 Å². The van der Waals surface area contributed by atoms with Crippen LogP contribution < -0.4 is 10.9 Å². The summed E-state index contributed by atoms with van der Waals surface area (Å²) in [6.45, 7) is 6.94. The molecule has 0 radical (unpaired) electrons. The minimum atomic E-state index is -0.0288. The Bertz CT molecular complexity index is 2730. The van der Waals surface area contributed by atoms with E-state index in [0.717, 1.165) is 44.0 Å². The van der Waals surface area contributed by atoms with Crippen molar-refractivity contribution in [1.82, 2.24) is 9.05 Å². The van der Waals surface area contributed by atoms with Crippen LogP contribution in [0.15, 0.2) is 106 Å². The monoisotopic (exact) mass is 552 g/mol. The lowest BCUT2D eigenvalue weighted by Gasteiger charge is -2.35. The molecule has 4 aromatic heterocycles. The van der Waals surface area contributed by atoms with Crippen molar-refractivity contribution in [3.05, 3.63) is 103 Å². The molecule has 2 aliphatic heterocycles. The molecule has 2 aliphatic rings. The molecule has 0 bridgehead atoms. The predicted molar refractivity (Wildman–Crippen MR) is 178 cm³/mol. The predicted octanol–water partition coefficient (Wildman–Crippen LogP) is 8.63. The molecule has 0 saturated carbocycles. The summed E-state index contributed by atoms with van der Waals surface area (Å²) < 4.78 is 18.4. The summed E-state index contributed by atoms with van der Waals surface area (Å²) in [4.78, 5) is 0. The van der Waals surface area contributed by atoms with E-state index in [4.69, 9.17) is 8.83 Å². The van der Waals surface area contributed by atoms with E-state index >= 15 is 0 Å². The largest absolute Gasteiger partial charge is 0.454 e. The number of fused-ring (bicyclic) bond motifs is 14. The van der Waals surface area contributed by atoms with Crippen molar-refractivity contribution < 1.29 is 8.83 Å². The van der Waals surface area contributed by atoms with Gasteiger partial charge in [-0.3, -0.25) is 0 Å². The van der Waals surface area contributed by atoms with Crippen LogP contribution in [0.3, 0.4) is 0 Å². The lowest BCUT2D eigenvalue weighted by molar-refractivity contribution is 0.590. The van der Waals surface area contributed by atoms with Gasteiger partial charge in [0, 0.05) is 38.3 Å². The number of rotatable bonds is 0. The zero-order valence-corrected chi connectivity index (χ0v) is 24.0. The summed E-state index contributed by atoms with van der Waals surface area (Å²) in [5.41, 5.74) is 16.4. The number of nitrogens with zero attached hydrogens (tertiary/aromatic N) is 2. The third-order valence-electron chi connectivity index (χ3n) is 10.0. The maximum Gasteiger partial charge on any atom is 0.333 e. The van der Waals surface area contributed by atoms with Gasteiger partial charge in [-0.05, 0) is 69.9 Å². The van der Waals surface area contributed by atoms with Gasteiger partial charge in [0.2, 0.25) is 0 Å². The van der Waals surface area contributed by atoms with Gasteiger partial charge in [-0.25, -0.2) is 0 Å². The van der Waals surface area contributed by atoms with E-state index in [2.05, 4.69) is 127 Å². The van der Waals surface area contributed by atoms with E-state index in [0.29, 0.717) is 0 Å². The van der Waals surface area contributed by atoms with Crippen LogP contribution in [-0.2, 0) is 5.41 Å². The molecule has 0 saturated heterocycles. The average molecular weight is 552 g/mol. The lowest BCUT2D eigenvalue weighted by Crippen LogP contribution is -2.55. The number of hydrogen-bond donors (Lipinski definition) is 0. The van der Waals surface area contributed by atoms with Gasteiger partial charge in [0.15, 0.2) is 11.2 Å². The highest BCUT2D eigenvalue weighted by Crippen LogP contribution is 2.47. The number of aromatic nitrogens is 2. The first kappa shape index (κ1) is 22.4. The van der Waals surface area contributed by atoms with Crippen molar-refractivity contribution in [1.29, 1.82) is 0 Å². The van der Waals surface area contributed by atoms with E-state index in [1.54, 1.807) is 0 Å². The molecule has 0 spiro atoms. The molecule has 9 aromatic rings. The number of furan rings is 2. The van der Waals surface area contributed by atoms with Gasteiger partial charge in [-0.15, -0.1) is 0 Å². The van der Waals surface area contributed by atoms with Crippen molar-refractivity contribution in [2.45, 2.75) is 26.2 Å². The second-order valence-electron chi connectivity index (χ2n) is 13.3. The van der Waals surface area contributed by atoms with Gasteiger partial charge < -0.3 is 17.9 Å². The molecular formula is C38H25BN2O2. The van der Waals surface area contributed by atoms with Gasteiger partial charge in [0.25, 0.3) is 0 Å². The highest BCUT2D eigenvalue weighted by atomic mass is 16.3. The topological polar surface area (TPSA) is 36.1 Å². The molecule has 0 unspecified atom stereocenters. The molecule has 202 valence electrons. The van der Waals surface area contributed by atoms with Gasteiger partial charge in [0.1, 0.15) is 16.7 Å². The van der Waals surface area contributed by atoms with E-state index in [9.17, 15) is 0 Å². The molecule has 0 N–H and O–H groups in total. The Balaban J connectivity index is 1.43. The summed E-state index contributed by atoms with van der Waals surface area (Å²) in [5.74, 6) is 0. The molecule has 0 atom stereocenters. The maximum absolute atomic E-state index is 6.64. The number of hydrogen-bond acceptors (Lipinski definition) is 2. The molecular weight excluding hydrogens is 527 g/mol. The molecule has 0 fully saturated rings. The minimum Gasteiger partial charge on any atom is -0.454 e. The van der Waals surface area contributed by atoms with Crippen LogP contribution in [-0.4, -0.2) is 15.9 Å². The Morgan fingerprint density at radius 1 is 0.581 bits per heavy atom. The van der Waals surface area contributed by atoms with Crippen molar-refractivity contribution in [3.63, 3.8) is 0 Å². The van der Waals surface area contributed by atoms with Crippen LogP contribution in [0.2, 0.25) is 0 Å². The van der Waals surface area contributed by atoms with Gasteiger partial charge in [-0.2, -0.15) is 0 Å². The molecule has 0 amide bonds. The summed E-state index contributed by atoms with van der Waals surface area (Å²) in [6.07, 6.45) is 0. The molecule has 43 heavy (non-hydrogen) atoms. The Morgan fingerprint density at radius 3 is 1.95 bits per heavy atom. The van der Waals surface area contributed by atoms with Crippen molar-refractivity contribution in [3.8, 4) is 16.8 Å². The summed E-state index contributed by atoms with van der Waals surface area (Å²) in [6, 6.07) is 35.3. The second kappa shape index (κ2) is 7.07. The smallest absolute Gasteiger partial charge is 0.333 e. The van der Waals surface area contributed by atoms with Crippen molar-refractivity contribution in [2.24, 2.45) is 0 Å². The van der Waals surface area contributed by atoms with Crippen LogP contribution >= 0.6 is 0 Å². The van der Waals surface area contributed by atoms with Crippen molar-refractivity contribution in [2.75, 3.05) is 0 Å². The van der Waals surface area contributed by atoms with Crippen LogP contribution in [0.1, 0.15) is 26.3 Å². The molecule has 11 rings (SSSR count). The first-order valence-corrected chi connectivity index (χ1v) is 15.1. The lowest BCUT2D eigenvalue weighted by atomic mass is 9.45. The Labute approximate surface area is 246 Å². The molecule has 0 aliphatic carbocycles. The number of para-hydroxylation sites is 4. The van der Waals surface area contributed by atoms with Gasteiger partial charge >= 0.3 is 6.85 Å².